The molecule has 1 N–H and O–H groups in total. The molecule has 0 aromatic heterocycles. The Morgan fingerprint density at radius 3 is 2.52 bits per heavy atom. The Morgan fingerprint density at radius 1 is 1.17 bits per heavy atom. The first-order valence-corrected chi connectivity index (χ1v) is 8.44. The second-order valence-corrected chi connectivity index (χ2v) is 6.26. The van der Waals surface area contributed by atoms with Crippen molar-refractivity contribution in [3.63, 3.8) is 0 Å². The number of oxime groups is 1. The Balaban J connectivity index is 1.54. The van der Waals surface area contributed by atoms with E-state index in [0.717, 1.165) is 29.9 Å². The molecule has 1 atom stereocenters. The lowest BCUT2D eigenvalue weighted by atomic mass is 10.0. The number of carbonyl (C=O) groups excluding carboxylic acids is 1. The molecule has 0 spiro atoms. The predicted molar refractivity (Wildman–Crippen MR) is 88.7 cm³/mol. The van der Waals surface area contributed by atoms with Gasteiger partial charge in [-0.15, -0.1) is 0 Å². The zero-order valence-corrected chi connectivity index (χ0v) is 13.6. The molecule has 0 radical (unpaired) electrons. The van der Waals surface area contributed by atoms with Crippen molar-refractivity contribution >= 4 is 11.6 Å². The average molecular weight is 316 g/mol. The van der Waals surface area contributed by atoms with Crippen LogP contribution in [0, 0.1) is 0 Å². The van der Waals surface area contributed by atoms with Crippen LogP contribution in [0.1, 0.15) is 50.5 Å². The molecule has 23 heavy (non-hydrogen) atoms. The third-order valence-corrected chi connectivity index (χ3v) is 4.59. The van der Waals surface area contributed by atoms with Gasteiger partial charge in [-0.05, 0) is 42.7 Å². The van der Waals surface area contributed by atoms with Gasteiger partial charge in [0.1, 0.15) is 5.75 Å². The number of hydrogen-bond acceptors (Lipinski definition) is 4. The van der Waals surface area contributed by atoms with Gasteiger partial charge in [-0.3, -0.25) is 4.79 Å². The maximum atomic E-state index is 12.4. The van der Waals surface area contributed by atoms with Gasteiger partial charge in [0.25, 0.3) is 5.91 Å². The minimum absolute atomic E-state index is 0.0378. The number of rotatable bonds is 4. The van der Waals surface area contributed by atoms with Crippen LogP contribution in [0.15, 0.2) is 29.4 Å². The molecule has 5 heteroatoms. The van der Waals surface area contributed by atoms with E-state index in [1.807, 2.05) is 24.3 Å². The van der Waals surface area contributed by atoms with Crippen LogP contribution in [0.25, 0.3) is 0 Å². The summed E-state index contributed by atoms with van der Waals surface area (Å²) < 4.78 is 5.15. The van der Waals surface area contributed by atoms with E-state index in [9.17, 15) is 4.79 Å². The van der Waals surface area contributed by atoms with Crippen molar-refractivity contribution < 1.29 is 14.4 Å². The standard InChI is InChI=1S/C18H24N2O3/c1-22-15-10-8-13(9-11-15)16-12-17(23-20-16)18(21)19-14-6-4-2-3-5-7-14/h8-11,14,17H,2-7,12H2,1H3,(H,19,21). The quantitative estimate of drug-likeness (QED) is 0.869. The lowest BCUT2D eigenvalue weighted by Crippen LogP contribution is -2.41. The average Bonchev–Trinajstić information content (AvgIpc) is 2.94. The molecule has 1 unspecified atom stereocenters. The molecule has 124 valence electrons. The topological polar surface area (TPSA) is 59.9 Å². The highest BCUT2D eigenvalue weighted by Gasteiger charge is 2.30. The molecule has 1 aliphatic carbocycles. The third-order valence-electron chi connectivity index (χ3n) is 4.59. The fourth-order valence-corrected chi connectivity index (χ4v) is 3.19. The van der Waals surface area contributed by atoms with Gasteiger partial charge in [-0.1, -0.05) is 30.8 Å². The van der Waals surface area contributed by atoms with E-state index in [1.165, 1.54) is 25.7 Å². The first kappa shape index (κ1) is 15.8. The van der Waals surface area contributed by atoms with E-state index >= 15 is 0 Å². The Morgan fingerprint density at radius 2 is 1.87 bits per heavy atom. The number of nitrogens with one attached hydrogen (secondary N) is 1. The molecule has 1 aromatic carbocycles. The van der Waals surface area contributed by atoms with Gasteiger partial charge in [0.2, 0.25) is 6.10 Å². The van der Waals surface area contributed by atoms with Crippen molar-refractivity contribution in [3.8, 4) is 5.75 Å². The fraction of sp³-hybridized carbons (Fsp3) is 0.556. The Labute approximate surface area is 137 Å². The SMILES string of the molecule is COc1ccc(C2=NOC(C(=O)NC3CCCCCC3)C2)cc1. The summed E-state index contributed by atoms with van der Waals surface area (Å²) in [6, 6.07) is 7.94. The first-order valence-electron chi connectivity index (χ1n) is 8.44. The molecular formula is C18H24N2O3. The molecule has 1 saturated carbocycles. The third kappa shape index (κ3) is 4.03. The normalized spacial score (nSPS) is 22.0. The van der Waals surface area contributed by atoms with Crippen LogP contribution in [0.2, 0.25) is 0 Å². The van der Waals surface area contributed by atoms with Crippen LogP contribution in [-0.4, -0.2) is 30.9 Å². The summed E-state index contributed by atoms with van der Waals surface area (Å²) in [5.41, 5.74) is 1.78. The fourth-order valence-electron chi connectivity index (χ4n) is 3.19. The van der Waals surface area contributed by atoms with Gasteiger partial charge >= 0.3 is 0 Å². The smallest absolute Gasteiger partial charge is 0.264 e. The molecule has 5 nitrogen and oxygen atoms in total. The number of benzene rings is 1. The summed E-state index contributed by atoms with van der Waals surface area (Å²) in [5.74, 6) is 0.764. The van der Waals surface area contributed by atoms with Crippen LogP contribution >= 0.6 is 0 Å². The maximum absolute atomic E-state index is 12.4. The molecule has 0 saturated heterocycles. The van der Waals surface area contributed by atoms with Gasteiger partial charge in [-0.25, -0.2) is 0 Å². The molecule has 1 fully saturated rings. The van der Waals surface area contributed by atoms with Crippen molar-refractivity contribution in [2.75, 3.05) is 7.11 Å². The van der Waals surface area contributed by atoms with E-state index in [1.54, 1.807) is 7.11 Å². The van der Waals surface area contributed by atoms with E-state index in [4.69, 9.17) is 9.57 Å². The van der Waals surface area contributed by atoms with Crippen LogP contribution in [0.4, 0.5) is 0 Å². The largest absolute Gasteiger partial charge is 0.497 e. The summed E-state index contributed by atoms with van der Waals surface area (Å²) in [6.45, 7) is 0. The molecule has 3 rings (SSSR count). The summed E-state index contributed by atoms with van der Waals surface area (Å²) in [7, 11) is 1.64. The second kappa shape index (κ2) is 7.49. The van der Waals surface area contributed by atoms with E-state index in [2.05, 4.69) is 10.5 Å². The maximum Gasteiger partial charge on any atom is 0.264 e. The zero-order valence-electron chi connectivity index (χ0n) is 13.6. The molecule has 1 aromatic rings. The summed E-state index contributed by atoms with van der Waals surface area (Å²) in [5, 5.41) is 7.22. The highest BCUT2D eigenvalue weighted by molar-refractivity contribution is 6.04. The molecule has 1 heterocycles. The molecule has 0 bridgehead atoms. The van der Waals surface area contributed by atoms with Gasteiger partial charge < -0.3 is 14.9 Å². The Bertz CT molecular complexity index is 560. The van der Waals surface area contributed by atoms with Crippen LogP contribution in [0.5, 0.6) is 5.75 Å². The van der Waals surface area contributed by atoms with E-state index < -0.39 is 6.10 Å². The van der Waals surface area contributed by atoms with Gasteiger partial charge in [-0.2, -0.15) is 0 Å². The lowest BCUT2D eigenvalue weighted by Gasteiger charge is -2.18. The molecule has 1 amide bonds. The highest BCUT2D eigenvalue weighted by atomic mass is 16.6. The van der Waals surface area contributed by atoms with E-state index in [-0.39, 0.29) is 5.91 Å². The van der Waals surface area contributed by atoms with Crippen LogP contribution < -0.4 is 10.1 Å². The number of amides is 1. The lowest BCUT2D eigenvalue weighted by molar-refractivity contribution is -0.132. The van der Waals surface area contributed by atoms with Crippen molar-refractivity contribution in [3.05, 3.63) is 29.8 Å². The van der Waals surface area contributed by atoms with Crippen LogP contribution in [-0.2, 0) is 9.63 Å². The second-order valence-electron chi connectivity index (χ2n) is 6.26. The minimum Gasteiger partial charge on any atom is -0.497 e. The van der Waals surface area contributed by atoms with Crippen molar-refractivity contribution in [1.29, 1.82) is 0 Å². The number of nitrogens with zero attached hydrogens (tertiary/aromatic N) is 1. The number of carbonyl (C=O) groups is 1. The highest BCUT2D eigenvalue weighted by Crippen LogP contribution is 2.21. The van der Waals surface area contributed by atoms with Crippen molar-refractivity contribution in [2.45, 2.75) is 57.1 Å². The summed E-state index contributed by atoms with van der Waals surface area (Å²) in [6.07, 6.45) is 7.11. The van der Waals surface area contributed by atoms with Crippen LogP contribution in [0.3, 0.4) is 0 Å². The van der Waals surface area contributed by atoms with Gasteiger partial charge in [0, 0.05) is 12.5 Å². The minimum atomic E-state index is -0.504. The van der Waals surface area contributed by atoms with Crippen molar-refractivity contribution in [1.82, 2.24) is 5.32 Å². The molecule has 1 aliphatic heterocycles. The zero-order chi connectivity index (χ0) is 16.1. The van der Waals surface area contributed by atoms with E-state index in [0.29, 0.717) is 12.5 Å². The van der Waals surface area contributed by atoms with Crippen molar-refractivity contribution in [2.24, 2.45) is 5.16 Å². The predicted octanol–water partition coefficient (Wildman–Crippen LogP) is 3.03. The monoisotopic (exact) mass is 316 g/mol. The number of methoxy groups -OCH3 is 1. The number of ether oxygens (including phenoxy) is 1. The first-order chi connectivity index (χ1) is 11.3. The summed E-state index contributed by atoms with van der Waals surface area (Å²) in [4.78, 5) is 17.7. The Kier molecular flexibility index (Phi) is 5.16. The van der Waals surface area contributed by atoms with Gasteiger partial charge in [0.15, 0.2) is 0 Å². The summed E-state index contributed by atoms with van der Waals surface area (Å²) >= 11 is 0. The molecule has 2 aliphatic rings. The molecular weight excluding hydrogens is 292 g/mol. The Hall–Kier alpha value is -2.04. The van der Waals surface area contributed by atoms with Gasteiger partial charge in [0.05, 0.1) is 12.8 Å². The number of hydrogen-bond donors (Lipinski definition) is 1.